The van der Waals surface area contributed by atoms with Crippen LogP contribution in [-0.4, -0.2) is 22.6 Å². The maximum Gasteiger partial charge on any atom is 0.252 e. The van der Waals surface area contributed by atoms with Crippen LogP contribution in [0, 0.1) is 29.9 Å². The molecule has 1 amide bonds. The van der Waals surface area contributed by atoms with E-state index in [-0.39, 0.29) is 34.8 Å². The molecule has 0 unspecified atom stereocenters. The van der Waals surface area contributed by atoms with Crippen LogP contribution in [0.5, 0.6) is 0 Å². The number of benzene rings is 2. The van der Waals surface area contributed by atoms with E-state index in [4.69, 9.17) is 5.26 Å². The van der Waals surface area contributed by atoms with Gasteiger partial charge in [-0.25, -0.2) is 8.78 Å². The number of aromatic nitrogens is 1. The number of rotatable bonds is 6. The van der Waals surface area contributed by atoms with Gasteiger partial charge in [0.05, 0.1) is 30.7 Å². The van der Waals surface area contributed by atoms with Gasteiger partial charge >= 0.3 is 0 Å². The van der Waals surface area contributed by atoms with Crippen molar-refractivity contribution in [2.24, 2.45) is 0 Å². The largest absolute Gasteiger partial charge is 0.394 e. The molecular weight excluding hydrogens is 416 g/mol. The Labute approximate surface area is 182 Å². The minimum Gasteiger partial charge on any atom is -0.394 e. The number of hydrogen-bond acceptors (Lipinski definition) is 4. The number of hydrogen-bond donors (Lipinski definition) is 3. The summed E-state index contributed by atoms with van der Waals surface area (Å²) in [5, 5.41) is 21.7. The van der Waals surface area contributed by atoms with E-state index in [1.54, 1.807) is 6.92 Å². The van der Waals surface area contributed by atoms with E-state index < -0.39 is 29.9 Å². The van der Waals surface area contributed by atoms with Crippen LogP contribution in [0.4, 0.5) is 8.78 Å². The number of nitrogens with zero attached hydrogens (tertiary/aromatic N) is 1. The van der Waals surface area contributed by atoms with Crippen LogP contribution in [-0.2, 0) is 11.2 Å². The topological polar surface area (TPSA) is 106 Å². The highest BCUT2D eigenvalue weighted by Crippen LogP contribution is 2.45. The van der Waals surface area contributed by atoms with Gasteiger partial charge in [0.2, 0.25) is 5.91 Å². The second-order valence-corrected chi connectivity index (χ2v) is 8.04. The molecule has 1 aliphatic carbocycles. The second kappa shape index (κ2) is 8.52. The molecule has 164 valence electrons. The number of pyridine rings is 1. The third-order valence-electron chi connectivity index (χ3n) is 5.89. The number of nitriles is 1. The van der Waals surface area contributed by atoms with Crippen LogP contribution in [0.25, 0.3) is 10.9 Å². The quantitative estimate of drug-likeness (QED) is 0.550. The summed E-state index contributed by atoms with van der Waals surface area (Å²) < 4.78 is 28.8. The van der Waals surface area contributed by atoms with Gasteiger partial charge in [0.1, 0.15) is 11.6 Å². The van der Waals surface area contributed by atoms with E-state index in [1.165, 1.54) is 24.3 Å². The van der Waals surface area contributed by atoms with Crippen molar-refractivity contribution < 1.29 is 18.7 Å². The van der Waals surface area contributed by atoms with Crippen molar-refractivity contribution in [1.29, 1.82) is 5.26 Å². The van der Waals surface area contributed by atoms with Crippen LogP contribution in [0.3, 0.4) is 0 Å². The Morgan fingerprint density at radius 3 is 2.66 bits per heavy atom. The van der Waals surface area contributed by atoms with Crippen LogP contribution in [0.15, 0.2) is 35.1 Å². The molecule has 1 aliphatic rings. The number of nitrogens with one attached hydrogen (secondary N) is 2. The Balaban J connectivity index is 1.64. The Kier molecular flexibility index (Phi) is 5.76. The zero-order valence-electron chi connectivity index (χ0n) is 17.3. The van der Waals surface area contributed by atoms with Crippen molar-refractivity contribution in [2.45, 2.75) is 38.1 Å². The summed E-state index contributed by atoms with van der Waals surface area (Å²) in [6.45, 7) is 1.12. The van der Waals surface area contributed by atoms with Crippen LogP contribution in [0.1, 0.15) is 52.6 Å². The molecule has 1 aromatic heterocycles. The maximum atomic E-state index is 14.5. The first-order valence-electron chi connectivity index (χ1n) is 10.3. The Hall–Kier alpha value is -3.57. The lowest BCUT2D eigenvalue weighted by molar-refractivity contribution is -0.121. The van der Waals surface area contributed by atoms with Crippen molar-refractivity contribution >= 4 is 16.8 Å². The summed E-state index contributed by atoms with van der Waals surface area (Å²) in [5.74, 6) is -1.55. The van der Waals surface area contributed by atoms with E-state index >= 15 is 0 Å². The molecule has 0 spiro atoms. The van der Waals surface area contributed by atoms with E-state index in [0.29, 0.717) is 22.0 Å². The van der Waals surface area contributed by atoms with E-state index in [1.807, 2.05) is 6.07 Å². The number of carbonyl (C=O) groups is 1. The fourth-order valence-corrected chi connectivity index (χ4v) is 4.11. The third-order valence-corrected chi connectivity index (χ3v) is 5.89. The molecule has 6 nitrogen and oxygen atoms in total. The summed E-state index contributed by atoms with van der Waals surface area (Å²) >= 11 is 0. The van der Waals surface area contributed by atoms with Crippen molar-refractivity contribution in [3.05, 3.63) is 80.1 Å². The Morgan fingerprint density at radius 2 is 2.03 bits per heavy atom. The Morgan fingerprint density at radius 1 is 1.28 bits per heavy atom. The summed E-state index contributed by atoms with van der Waals surface area (Å²) in [6.07, 6.45) is 1.43. The van der Waals surface area contributed by atoms with Gasteiger partial charge in [0.15, 0.2) is 0 Å². The predicted molar refractivity (Wildman–Crippen MR) is 114 cm³/mol. The number of carbonyl (C=O) groups excluding carboxylic acids is 1. The summed E-state index contributed by atoms with van der Waals surface area (Å²) in [5.41, 5.74) is 1.50. The van der Waals surface area contributed by atoms with E-state index in [2.05, 4.69) is 10.3 Å². The molecular formula is C24H21F2N3O3. The fourth-order valence-electron chi connectivity index (χ4n) is 4.11. The normalized spacial score (nSPS) is 14.2. The average molecular weight is 437 g/mol. The molecule has 0 saturated heterocycles. The fraction of sp³-hybridized carbons (Fsp3) is 0.292. The van der Waals surface area contributed by atoms with E-state index in [9.17, 15) is 23.5 Å². The standard InChI is InChI=1S/C24H21F2N3O3/c1-12-16(24(32)29-19-7-6-17(25)23(22(12)19)14-3-4-14)9-21(31)28-20(11-30)15-5-2-13(10-27)8-18(15)26/h2,5-8,14,20,30H,3-4,9,11H2,1H3,(H,28,31)(H,29,32)/t20-/m1/s1. The van der Waals surface area contributed by atoms with Crippen molar-refractivity contribution in [3.63, 3.8) is 0 Å². The minimum atomic E-state index is -1.05. The predicted octanol–water partition coefficient (Wildman–Crippen LogP) is 3.26. The zero-order chi connectivity index (χ0) is 23.0. The summed E-state index contributed by atoms with van der Waals surface area (Å²) in [7, 11) is 0. The number of aromatic amines is 1. The third kappa shape index (κ3) is 3.99. The first-order chi connectivity index (χ1) is 15.3. The molecule has 3 aromatic rings. The number of fused-ring (bicyclic) bond motifs is 1. The van der Waals surface area contributed by atoms with Gasteiger partial charge in [0, 0.05) is 27.6 Å². The molecule has 0 radical (unpaired) electrons. The lowest BCUT2D eigenvalue weighted by Gasteiger charge is -2.18. The summed E-state index contributed by atoms with van der Waals surface area (Å²) in [4.78, 5) is 28.1. The smallest absolute Gasteiger partial charge is 0.252 e. The van der Waals surface area contributed by atoms with E-state index in [0.717, 1.165) is 18.9 Å². The first kappa shape index (κ1) is 21.7. The zero-order valence-corrected chi connectivity index (χ0v) is 17.3. The molecule has 2 aromatic carbocycles. The Bertz CT molecular complexity index is 1320. The number of aliphatic hydroxyl groups excluding tert-OH is 1. The highest BCUT2D eigenvalue weighted by molar-refractivity contribution is 5.89. The molecule has 0 aliphatic heterocycles. The molecule has 1 saturated carbocycles. The molecule has 1 fully saturated rings. The summed E-state index contributed by atoms with van der Waals surface area (Å²) in [6, 6.07) is 7.37. The van der Waals surface area contributed by atoms with Crippen molar-refractivity contribution in [2.75, 3.05) is 6.61 Å². The number of halogens is 2. The van der Waals surface area contributed by atoms with Crippen molar-refractivity contribution in [3.8, 4) is 6.07 Å². The molecule has 8 heteroatoms. The molecule has 4 rings (SSSR count). The number of H-pyrrole nitrogens is 1. The van der Waals surface area contributed by atoms with Gasteiger partial charge in [-0.15, -0.1) is 0 Å². The molecule has 32 heavy (non-hydrogen) atoms. The highest BCUT2D eigenvalue weighted by atomic mass is 19.1. The highest BCUT2D eigenvalue weighted by Gasteiger charge is 2.30. The first-order valence-corrected chi connectivity index (χ1v) is 10.3. The number of amides is 1. The van der Waals surface area contributed by atoms with Crippen LogP contribution in [0.2, 0.25) is 0 Å². The van der Waals surface area contributed by atoms with Crippen LogP contribution >= 0.6 is 0 Å². The second-order valence-electron chi connectivity index (χ2n) is 8.04. The lowest BCUT2D eigenvalue weighted by atomic mass is 9.95. The average Bonchev–Trinajstić information content (AvgIpc) is 3.60. The van der Waals surface area contributed by atoms with Gasteiger partial charge in [-0.3, -0.25) is 9.59 Å². The minimum absolute atomic E-state index is 0.0297. The molecule has 3 N–H and O–H groups in total. The maximum absolute atomic E-state index is 14.5. The van der Waals surface area contributed by atoms with Gasteiger partial charge in [-0.1, -0.05) is 6.07 Å². The molecule has 0 bridgehead atoms. The van der Waals surface area contributed by atoms with Crippen LogP contribution < -0.4 is 10.9 Å². The monoisotopic (exact) mass is 437 g/mol. The molecule has 1 heterocycles. The van der Waals surface area contributed by atoms with Gasteiger partial charge in [-0.05, 0) is 55.5 Å². The molecule has 1 atom stereocenters. The van der Waals surface area contributed by atoms with Gasteiger partial charge < -0.3 is 15.4 Å². The SMILES string of the molecule is Cc1c(CC(=O)N[C@H](CO)c2ccc(C#N)cc2F)c(=O)[nH]c2ccc(F)c(C3CC3)c12. The van der Waals surface area contributed by atoms with Crippen molar-refractivity contribution in [1.82, 2.24) is 10.3 Å². The lowest BCUT2D eigenvalue weighted by Crippen LogP contribution is -2.34. The van der Waals surface area contributed by atoms with Gasteiger partial charge in [-0.2, -0.15) is 5.26 Å². The number of aryl methyl sites for hydroxylation is 1. The number of aliphatic hydroxyl groups is 1. The van der Waals surface area contributed by atoms with Gasteiger partial charge in [0.25, 0.3) is 5.56 Å².